The SMILES string of the molecule is C=C(C)CN1CCC(NCc2cc(Br)cs2)CC1. The molecule has 1 fully saturated rings. The minimum Gasteiger partial charge on any atom is -0.309 e. The van der Waals surface area contributed by atoms with Gasteiger partial charge in [-0.25, -0.2) is 0 Å². The van der Waals surface area contributed by atoms with Crippen molar-refractivity contribution in [3.8, 4) is 0 Å². The summed E-state index contributed by atoms with van der Waals surface area (Å²) in [6.45, 7) is 10.5. The molecule has 1 N–H and O–H groups in total. The molecule has 1 aliphatic rings. The average Bonchev–Trinajstić information content (AvgIpc) is 2.74. The van der Waals surface area contributed by atoms with Crippen LogP contribution >= 0.6 is 27.3 Å². The van der Waals surface area contributed by atoms with Crippen LogP contribution in [0.15, 0.2) is 28.1 Å². The largest absolute Gasteiger partial charge is 0.309 e. The minimum absolute atomic E-state index is 0.673. The van der Waals surface area contributed by atoms with Gasteiger partial charge >= 0.3 is 0 Å². The third-order valence-corrected chi connectivity index (χ3v) is 4.97. The molecule has 2 rings (SSSR count). The molecule has 0 aliphatic carbocycles. The van der Waals surface area contributed by atoms with E-state index >= 15 is 0 Å². The summed E-state index contributed by atoms with van der Waals surface area (Å²) in [4.78, 5) is 3.91. The Hall–Kier alpha value is -0.160. The number of halogens is 1. The molecular weight excluding hydrogens is 308 g/mol. The molecule has 0 atom stereocenters. The standard InChI is InChI=1S/C14H21BrN2S/c1-11(2)9-17-5-3-13(4-6-17)16-8-14-7-12(15)10-18-14/h7,10,13,16H,1,3-6,8-9H2,2H3. The van der Waals surface area contributed by atoms with Gasteiger partial charge in [-0.05, 0) is 54.9 Å². The van der Waals surface area contributed by atoms with Crippen molar-refractivity contribution < 1.29 is 0 Å². The highest BCUT2D eigenvalue weighted by atomic mass is 79.9. The Kier molecular flexibility index (Phi) is 5.42. The maximum absolute atomic E-state index is 3.99. The maximum atomic E-state index is 3.99. The van der Waals surface area contributed by atoms with Crippen molar-refractivity contribution in [1.82, 2.24) is 10.2 Å². The molecule has 0 amide bonds. The zero-order valence-electron chi connectivity index (χ0n) is 10.9. The first-order valence-electron chi connectivity index (χ1n) is 6.46. The quantitative estimate of drug-likeness (QED) is 0.830. The van der Waals surface area contributed by atoms with E-state index in [0.717, 1.165) is 13.1 Å². The van der Waals surface area contributed by atoms with Crippen LogP contribution in [0.3, 0.4) is 0 Å². The molecule has 1 aliphatic heterocycles. The Morgan fingerprint density at radius 3 is 2.83 bits per heavy atom. The predicted octanol–water partition coefficient (Wildman–Crippen LogP) is 3.64. The van der Waals surface area contributed by atoms with Crippen molar-refractivity contribution in [2.75, 3.05) is 19.6 Å². The van der Waals surface area contributed by atoms with Gasteiger partial charge in [0.25, 0.3) is 0 Å². The Bertz CT molecular complexity index is 394. The van der Waals surface area contributed by atoms with Crippen LogP contribution in [-0.2, 0) is 6.54 Å². The number of likely N-dealkylation sites (tertiary alicyclic amines) is 1. The minimum atomic E-state index is 0.673. The molecule has 4 heteroatoms. The molecule has 1 aromatic heterocycles. The summed E-state index contributed by atoms with van der Waals surface area (Å²) in [5.41, 5.74) is 1.27. The molecule has 2 nitrogen and oxygen atoms in total. The lowest BCUT2D eigenvalue weighted by Gasteiger charge is -2.32. The summed E-state index contributed by atoms with van der Waals surface area (Å²) in [5.74, 6) is 0. The summed E-state index contributed by atoms with van der Waals surface area (Å²) in [5, 5.41) is 5.81. The predicted molar refractivity (Wildman–Crippen MR) is 83.1 cm³/mol. The Morgan fingerprint density at radius 1 is 1.56 bits per heavy atom. The third kappa shape index (κ3) is 4.50. The normalized spacial score (nSPS) is 18.1. The summed E-state index contributed by atoms with van der Waals surface area (Å²) in [6.07, 6.45) is 2.50. The van der Waals surface area contributed by atoms with Crippen LogP contribution in [0.4, 0.5) is 0 Å². The van der Waals surface area contributed by atoms with Gasteiger partial charge in [-0.15, -0.1) is 11.3 Å². The second-order valence-electron chi connectivity index (χ2n) is 5.12. The van der Waals surface area contributed by atoms with Crippen LogP contribution in [0, 0.1) is 0 Å². The van der Waals surface area contributed by atoms with Gasteiger partial charge in [-0.1, -0.05) is 12.2 Å². The van der Waals surface area contributed by atoms with Crippen molar-refractivity contribution in [3.63, 3.8) is 0 Å². The first-order chi connectivity index (χ1) is 8.63. The van der Waals surface area contributed by atoms with E-state index in [-0.39, 0.29) is 0 Å². The number of piperidine rings is 1. The lowest BCUT2D eigenvalue weighted by atomic mass is 10.0. The van der Waals surface area contributed by atoms with Gasteiger partial charge in [0.05, 0.1) is 0 Å². The first-order valence-corrected chi connectivity index (χ1v) is 8.14. The third-order valence-electron chi connectivity index (χ3n) is 3.27. The smallest absolute Gasteiger partial charge is 0.0302 e. The van der Waals surface area contributed by atoms with E-state index in [0.29, 0.717) is 6.04 Å². The van der Waals surface area contributed by atoms with Crippen molar-refractivity contribution in [2.45, 2.75) is 32.4 Å². The highest BCUT2D eigenvalue weighted by Crippen LogP contribution is 2.20. The fourth-order valence-corrected chi connectivity index (χ4v) is 3.77. The Labute approximate surface area is 122 Å². The summed E-state index contributed by atoms with van der Waals surface area (Å²) < 4.78 is 1.19. The van der Waals surface area contributed by atoms with Crippen LogP contribution in [0.1, 0.15) is 24.6 Å². The van der Waals surface area contributed by atoms with Gasteiger partial charge in [0.2, 0.25) is 0 Å². The molecule has 100 valence electrons. The lowest BCUT2D eigenvalue weighted by molar-refractivity contribution is 0.211. The first kappa shape index (κ1) is 14.3. The van der Waals surface area contributed by atoms with Crippen molar-refractivity contribution in [3.05, 3.63) is 32.9 Å². The molecule has 1 saturated heterocycles. The summed E-state index contributed by atoms with van der Waals surface area (Å²) >= 11 is 5.31. The van der Waals surface area contributed by atoms with Crippen LogP contribution in [0.2, 0.25) is 0 Å². The fraction of sp³-hybridized carbons (Fsp3) is 0.571. The molecular formula is C14H21BrN2S. The molecule has 18 heavy (non-hydrogen) atoms. The fourth-order valence-electron chi connectivity index (χ4n) is 2.37. The average molecular weight is 329 g/mol. The molecule has 0 bridgehead atoms. The van der Waals surface area contributed by atoms with E-state index in [1.54, 1.807) is 0 Å². The van der Waals surface area contributed by atoms with E-state index in [1.165, 1.54) is 40.9 Å². The van der Waals surface area contributed by atoms with Crippen LogP contribution in [0.25, 0.3) is 0 Å². The second-order valence-corrected chi connectivity index (χ2v) is 7.03. The summed E-state index contributed by atoms with van der Waals surface area (Å²) in [7, 11) is 0. The van der Waals surface area contributed by atoms with E-state index < -0.39 is 0 Å². The number of nitrogens with zero attached hydrogens (tertiary/aromatic N) is 1. The molecule has 0 saturated carbocycles. The Balaban J connectivity index is 1.69. The summed E-state index contributed by atoms with van der Waals surface area (Å²) in [6, 6.07) is 2.88. The van der Waals surface area contributed by atoms with Gasteiger partial charge in [-0.3, -0.25) is 4.90 Å². The molecule has 1 aromatic rings. The highest BCUT2D eigenvalue weighted by molar-refractivity contribution is 9.10. The number of rotatable bonds is 5. The number of nitrogens with one attached hydrogen (secondary N) is 1. The molecule has 0 spiro atoms. The monoisotopic (exact) mass is 328 g/mol. The van der Waals surface area contributed by atoms with Gasteiger partial charge in [0.1, 0.15) is 0 Å². The number of hydrogen-bond acceptors (Lipinski definition) is 3. The van der Waals surface area contributed by atoms with Crippen molar-refractivity contribution >= 4 is 27.3 Å². The number of hydrogen-bond donors (Lipinski definition) is 1. The molecule has 0 unspecified atom stereocenters. The Morgan fingerprint density at radius 2 is 2.28 bits per heavy atom. The van der Waals surface area contributed by atoms with Gasteiger partial charge < -0.3 is 5.32 Å². The zero-order chi connectivity index (χ0) is 13.0. The maximum Gasteiger partial charge on any atom is 0.0302 e. The van der Waals surface area contributed by atoms with Gasteiger partial charge in [0.15, 0.2) is 0 Å². The van der Waals surface area contributed by atoms with Crippen LogP contribution in [-0.4, -0.2) is 30.6 Å². The topological polar surface area (TPSA) is 15.3 Å². The molecule has 0 aromatic carbocycles. The van der Waals surface area contributed by atoms with E-state index in [9.17, 15) is 0 Å². The van der Waals surface area contributed by atoms with Crippen LogP contribution in [0.5, 0.6) is 0 Å². The molecule has 2 heterocycles. The lowest BCUT2D eigenvalue weighted by Crippen LogP contribution is -2.42. The van der Waals surface area contributed by atoms with E-state index in [2.05, 4.69) is 51.1 Å². The van der Waals surface area contributed by atoms with Gasteiger partial charge in [-0.2, -0.15) is 0 Å². The van der Waals surface area contributed by atoms with E-state index in [4.69, 9.17) is 0 Å². The highest BCUT2D eigenvalue weighted by Gasteiger charge is 2.18. The van der Waals surface area contributed by atoms with Crippen molar-refractivity contribution in [2.24, 2.45) is 0 Å². The van der Waals surface area contributed by atoms with Gasteiger partial charge in [0, 0.05) is 33.9 Å². The number of thiophene rings is 1. The van der Waals surface area contributed by atoms with E-state index in [1.807, 2.05) is 11.3 Å². The van der Waals surface area contributed by atoms with Crippen molar-refractivity contribution in [1.29, 1.82) is 0 Å². The molecule has 0 radical (unpaired) electrons. The second kappa shape index (κ2) is 6.85. The van der Waals surface area contributed by atoms with Crippen LogP contribution < -0.4 is 5.32 Å². The zero-order valence-corrected chi connectivity index (χ0v) is 13.3.